The lowest BCUT2D eigenvalue weighted by Crippen LogP contribution is -2.15. The van der Waals surface area contributed by atoms with Gasteiger partial charge in [-0.15, -0.1) is 11.3 Å². The third-order valence-electron chi connectivity index (χ3n) is 3.59. The first-order valence-corrected chi connectivity index (χ1v) is 8.04. The summed E-state index contributed by atoms with van der Waals surface area (Å²) in [6.07, 6.45) is 2.22. The minimum Gasteiger partial charge on any atom is -0.364 e. The molecule has 0 fully saturated rings. The summed E-state index contributed by atoms with van der Waals surface area (Å²) in [5, 5.41) is 8.65. The van der Waals surface area contributed by atoms with Crippen molar-refractivity contribution in [3.63, 3.8) is 0 Å². The fourth-order valence-electron chi connectivity index (χ4n) is 2.38. The van der Waals surface area contributed by atoms with Gasteiger partial charge < -0.3 is 11.1 Å². The van der Waals surface area contributed by atoms with Gasteiger partial charge in [-0.25, -0.2) is 14.5 Å². The summed E-state index contributed by atoms with van der Waals surface area (Å²) in [5.41, 5.74) is 7.97. The van der Waals surface area contributed by atoms with E-state index < -0.39 is 5.91 Å². The van der Waals surface area contributed by atoms with Crippen LogP contribution in [-0.4, -0.2) is 36.4 Å². The molecule has 24 heavy (non-hydrogen) atoms. The molecule has 0 aliphatic carbocycles. The Kier molecular flexibility index (Phi) is 4.21. The van der Waals surface area contributed by atoms with E-state index in [0.717, 1.165) is 28.3 Å². The molecule has 0 radical (unpaired) electrons. The van der Waals surface area contributed by atoms with Gasteiger partial charge >= 0.3 is 0 Å². The fraction of sp³-hybridized carbons (Fsp3) is 0.286. The number of nitrogens with two attached hydrogens (primary N) is 1. The van der Waals surface area contributed by atoms with Gasteiger partial charge in [-0.2, -0.15) is 10.1 Å². The lowest BCUT2D eigenvalue weighted by atomic mass is 10.1. The average Bonchev–Trinajstić information content (AvgIpc) is 3.16. The van der Waals surface area contributed by atoms with Crippen molar-refractivity contribution in [2.75, 3.05) is 5.32 Å². The highest BCUT2D eigenvalue weighted by Gasteiger charge is 2.14. The quantitative estimate of drug-likeness (QED) is 0.706. The number of carbonyl (C=O) groups is 2. The van der Waals surface area contributed by atoms with Crippen molar-refractivity contribution in [1.29, 1.82) is 0 Å². The molecule has 3 rings (SSSR count). The number of aryl methyl sites for hydroxylation is 2. The van der Waals surface area contributed by atoms with Gasteiger partial charge in [0.25, 0.3) is 11.7 Å². The number of hydrogen-bond donors (Lipinski definition) is 2. The Bertz CT molecular complexity index is 930. The number of nitrogens with one attached hydrogen (secondary N) is 1. The summed E-state index contributed by atoms with van der Waals surface area (Å²) in [7, 11) is 0. The number of primary amides is 1. The summed E-state index contributed by atoms with van der Waals surface area (Å²) >= 11 is 1.16. The molecule has 3 heterocycles. The first-order chi connectivity index (χ1) is 11.5. The van der Waals surface area contributed by atoms with Crippen molar-refractivity contribution in [3.8, 4) is 0 Å². The van der Waals surface area contributed by atoms with Gasteiger partial charge in [0.15, 0.2) is 5.13 Å². The molecule has 10 heteroatoms. The fourth-order valence-corrected chi connectivity index (χ4v) is 3.10. The van der Waals surface area contributed by atoms with E-state index in [1.54, 1.807) is 4.52 Å². The summed E-state index contributed by atoms with van der Waals surface area (Å²) in [6, 6.07) is 0. The highest BCUT2D eigenvalue weighted by molar-refractivity contribution is 7.14. The van der Waals surface area contributed by atoms with Gasteiger partial charge in [-0.1, -0.05) is 0 Å². The molecule has 3 aromatic heterocycles. The molecule has 124 valence electrons. The zero-order valence-corrected chi connectivity index (χ0v) is 13.9. The van der Waals surface area contributed by atoms with Crippen molar-refractivity contribution in [1.82, 2.24) is 24.6 Å². The van der Waals surface area contributed by atoms with E-state index in [2.05, 4.69) is 25.4 Å². The Morgan fingerprint density at radius 3 is 2.83 bits per heavy atom. The molecule has 0 unspecified atom stereocenters. The monoisotopic (exact) mass is 345 g/mol. The zero-order valence-electron chi connectivity index (χ0n) is 13.1. The highest BCUT2D eigenvalue weighted by atomic mass is 32.1. The third-order valence-corrected chi connectivity index (χ3v) is 4.35. The SMILES string of the molecule is Cc1nc2ncnn2c(C)c1CCC(=O)Nc1nc(C(N)=O)cs1. The van der Waals surface area contributed by atoms with Crippen LogP contribution in [0, 0.1) is 13.8 Å². The molecular formula is C14H15N7O2S. The second kappa shape index (κ2) is 6.32. The van der Waals surface area contributed by atoms with Crippen molar-refractivity contribution in [2.24, 2.45) is 5.73 Å². The van der Waals surface area contributed by atoms with Crippen LogP contribution >= 0.6 is 11.3 Å². The third kappa shape index (κ3) is 3.08. The molecule has 0 saturated carbocycles. The van der Waals surface area contributed by atoms with Crippen molar-refractivity contribution >= 4 is 34.1 Å². The highest BCUT2D eigenvalue weighted by Crippen LogP contribution is 2.17. The van der Waals surface area contributed by atoms with Crippen molar-refractivity contribution in [3.05, 3.63) is 34.4 Å². The van der Waals surface area contributed by atoms with E-state index in [4.69, 9.17) is 5.73 Å². The predicted octanol–water partition coefficient (Wildman–Crippen LogP) is 0.868. The summed E-state index contributed by atoms with van der Waals surface area (Å²) in [5.74, 6) is -0.275. The molecule has 0 aliphatic heterocycles. The van der Waals surface area contributed by atoms with Gasteiger partial charge in [-0.3, -0.25) is 9.59 Å². The minimum atomic E-state index is -0.620. The smallest absolute Gasteiger partial charge is 0.268 e. The number of anilines is 1. The number of carbonyl (C=O) groups excluding carboxylic acids is 2. The molecule has 0 aliphatic rings. The Labute approximate surface area is 140 Å². The Morgan fingerprint density at radius 1 is 1.33 bits per heavy atom. The molecule has 9 nitrogen and oxygen atoms in total. The number of aromatic nitrogens is 5. The van der Waals surface area contributed by atoms with Gasteiger partial charge in [0.05, 0.1) is 0 Å². The van der Waals surface area contributed by atoms with Crippen LogP contribution in [0.1, 0.15) is 33.9 Å². The van der Waals surface area contributed by atoms with E-state index in [9.17, 15) is 9.59 Å². The minimum absolute atomic E-state index is 0.142. The molecule has 0 saturated heterocycles. The van der Waals surface area contributed by atoms with Gasteiger partial charge in [-0.05, 0) is 25.8 Å². The van der Waals surface area contributed by atoms with Crippen molar-refractivity contribution in [2.45, 2.75) is 26.7 Å². The van der Waals surface area contributed by atoms with Crippen LogP contribution in [0.25, 0.3) is 5.78 Å². The largest absolute Gasteiger partial charge is 0.364 e. The zero-order chi connectivity index (χ0) is 17.3. The van der Waals surface area contributed by atoms with Crippen LogP contribution in [0.5, 0.6) is 0 Å². The Morgan fingerprint density at radius 2 is 2.12 bits per heavy atom. The van der Waals surface area contributed by atoms with Crippen LogP contribution in [-0.2, 0) is 11.2 Å². The van der Waals surface area contributed by atoms with E-state index >= 15 is 0 Å². The van der Waals surface area contributed by atoms with Gasteiger partial charge in [0, 0.05) is 23.2 Å². The standard InChI is InChI=1S/C14H15N7O2S/c1-7-9(8(2)21-13(18-7)16-6-17-21)3-4-11(22)20-14-19-10(5-24-14)12(15)23/h5-6H,3-4H2,1-2H3,(H2,15,23)(H,19,20,22). The second-order valence-corrected chi connectivity index (χ2v) is 6.04. The van der Waals surface area contributed by atoms with E-state index in [1.807, 2.05) is 13.8 Å². The average molecular weight is 345 g/mol. The number of rotatable bonds is 5. The number of thiazole rings is 1. The molecule has 0 spiro atoms. The topological polar surface area (TPSA) is 128 Å². The molecule has 0 atom stereocenters. The molecule has 3 aromatic rings. The Balaban J connectivity index is 1.68. The summed E-state index contributed by atoms with van der Waals surface area (Å²) in [4.78, 5) is 35.5. The predicted molar refractivity (Wildman–Crippen MR) is 87.8 cm³/mol. The van der Waals surface area contributed by atoms with Gasteiger partial charge in [0.2, 0.25) is 5.91 Å². The van der Waals surface area contributed by atoms with E-state index in [0.29, 0.717) is 17.3 Å². The van der Waals surface area contributed by atoms with Crippen molar-refractivity contribution < 1.29 is 9.59 Å². The molecule has 0 bridgehead atoms. The van der Waals surface area contributed by atoms with E-state index in [-0.39, 0.29) is 18.0 Å². The van der Waals surface area contributed by atoms with Crippen LogP contribution in [0.3, 0.4) is 0 Å². The number of nitrogens with zero attached hydrogens (tertiary/aromatic N) is 5. The molecule has 2 amide bonds. The maximum atomic E-state index is 12.1. The van der Waals surface area contributed by atoms with Gasteiger partial charge in [0.1, 0.15) is 12.0 Å². The lowest BCUT2D eigenvalue weighted by Gasteiger charge is -2.10. The van der Waals surface area contributed by atoms with Crippen LogP contribution in [0.15, 0.2) is 11.7 Å². The first-order valence-electron chi connectivity index (χ1n) is 7.16. The molecule has 3 N–H and O–H groups in total. The number of fused-ring (bicyclic) bond motifs is 1. The normalized spacial score (nSPS) is 10.9. The van der Waals surface area contributed by atoms with E-state index in [1.165, 1.54) is 11.7 Å². The second-order valence-electron chi connectivity index (χ2n) is 5.18. The number of hydrogen-bond acceptors (Lipinski definition) is 7. The summed E-state index contributed by atoms with van der Waals surface area (Å²) < 4.78 is 1.65. The molecule has 0 aromatic carbocycles. The first kappa shape index (κ1) is 16.0. The van der Waals surface area contributed by atoms with Crippen LogP contribution < -0.4 is 11.1 Å². The maximum Gasteiger partial charge on any atom is 0.268 e. The number of amides is 2. The lowest BCUT2D eigenvalue weighted by molar-refractivity contribution is -0.116. The Hall–Kier alpha value is -2.88. The van der Waals surface area contributed by atoms with Crippen LogP contribution in [0.2, 0.25) is 0 Å². The molecular weight excluding hydrogens is 330 g/mol. The summed E-state index contributed by atoms with van der Waals surface area (Å²) in [6.45, 7) is 3.80. The maximum absolute atomic E-state index is 12.1. The van der Waals surface area contributed by atoms with Crippen LogP contribution in [0.4, 0.5) is 5.13 Å².